The van der Waals surface area contributed by atoms with E-state index in [2.05, 4.69) is 27.2 Å². The normalized spacial score (nSPS) is 27.5. The van der Waals surface area contributed by atoms with Crippen LogP contribution in [0.5, 0.6) is 0 Å². The van der Waals surface area contributed by atoms with Crippen LogP contribution in [0.1, 0.15) is 23.8 Å². The molecule has 25 heavy (non-hydrogen) atoms. The van der Waals surface area contributed by atoms with E-state index in [9.17, 15) is 0 Å². The van der Waals surface area contributed by atoms with Gasteiger partial charge < -0.3 is 15.2 Å². The minimum absolute atomic E-state index is 0.0182. The van der Waals surface area contributed by atoms with E-state index in [4.69, 9.17) is 15.2 Å². The summed E-state index contributed by atoms with van der Waals surface area (Å²) in [5, 5.41) is 4.25. The molecular weight excluding hydrogens is 318 g/mol. The summed E-state index contributed by atoms with van der Waals surface area (Å²) in [5.74, 6) is 1.45. The zero-order valence-electron chi connectivity index (χ0n) is 13.7. The van der Waals surface area contributed by atoms with Crippen LogP contribution in [0.2, 0.25) is 0 Å². The molecule has 7 heteroatoms. The Morgan fingerprint density at radius 3 is 2.92 bits per heavy atom. The van der Waals surface area contributed by atoms with E-state index in [0.29, 0.717) is 29.9 Å². The van der Waals surface area contributed by atoms with Crippen molar-refractivity contribution in [3.63, 3.8) is 0 Å². The van der Waals surface area contributed by atoms with Crippen molar-refractivity contribution in [1.82, 2.24) is 19.6 Å². The number of nitrogen functional groups attached to an aromatic ring is 1. The van der Waals surface area contributed by atoms with Gasteiger partial charge in [0.05, 0.1) is 31.2 Å². The van der Waals surface area contributed by atoms with Gasteiger partial charge in [0.2, 0.25) is 0 Å². The molecule has 2 aromatic heterocycles. The third kappa shape index (κ3) is 2.56. The van der Waals surface area contributed by atoms with Gasteiger partial charge in [-0.2, -0.15) is 5.10 Å². The summed E-state index contributed by atoms with van der Waals surface area (Å²) in [5.41, 5.74) is 8.57. The zero-order chi connectivity index (χ0) is 16.8. The number of nitrogens with two attached hydrogens (primary N) is 1. The average Bonchev–Trinajstić information content (AvgIpc) is 3.02. The lowest BCUT2D eigenvalue weighted by molar-refractivity contribution is 0.0281. The van der Waals surface area contributed by atoms with Crippen molar-refractivity contribution >= 4 is 11.5 Å². The number of nitrogens with zero attached hydrogens (tertiary/aromatic N) is 4. The smallest absolute Gasteiger partial charge is 0.196 e. The average molecular weight is 337 g/mol. The largest absolute Gasteiger partial charge is 0.381 e. The van der Waals surface area contributed by atoms with E-state index < -0.39 is 0 Å². The fraction of sp³-hybridized carbons (Fsp3) is 0.389. The van der Waals surface area contributed by atoms with Gasteiger partial charge in [-0.25, -0.2) is 14.5 Å². The first-order valence-electron chi connectivity index (χ1n) is 8.52. The van der Waals surface area contributed by atoms with Crippen molar-refractivity contribution in [1.29, 1.82) is 0 Å². The van der Waals surface area contributed by atoms with Crippen LogP contribution in [0.15, 0.2) is 42.9 Å². The third-order valence-electron chi connectivity index (χ3n) is 5.17. The molecule has 2 aliphatic rings. The first-order chi connectivity index (χ1) is 12.3. The second-order valence-electron chi connectivity index (χ2n) is 6.72. The molecular formula is C18H19N5O2. The quantitative estimate of drug-likeness (QED) is 0.766. The van der Waals surface area contributed by atoms with Gasteiger partial charge in [0.25, 0.3) is 0 Å². The van der Waals surface area contributed by atoms with Crippen molar-refractivity contribution in [2.45, 2.75) is 25.2 Å². The number of anilines is 1. The minimum atomic E-state index is 0.0182. The Balaban J connectivity index is 1.19. The molecule has 0 bridgehead atoms. The number of benzene rings is 1. The molecule has 3 aromatic rings. The topological polar surface area (TPSA) is 87.6 Å². The lowest BCUT2D eigenvalue weighted by atomic mass is 10.1. The van der Waals surface area contributed by atoms with Crippen LogP contribution >= 0.6 is 0 Å². The monoisotopic (exact) mass is 337 g/mol. The number of aromatic nitrogens is 4. The van der Waals surface area contributed by atoms with Crippen molar-refractivity contribution < 1.29 is 9.47 Å². The molecule has 3 heterocycles. The molecule has 0 amide bonds. The first kappa shape index (κ1) is 14.8. The summed E-state index contributed by atoms with van der Waals surface area (Å²) in [6.45, 7) is 1.41. The number of imidazole rings is 1. The molecule has 4 atom stereocenters. The van der Waals surface area contributed by atoms with Gasteiger partial charge in [-0.1, -0.05) is 30.3 Å². The number of rotatable bonds is 5. The van der Waals surface area contributed by atoms with Crippen LogP contribution in [0.25, 0.3) is 5.65 Å². The van der Waals surface area contributed by atoms with Gasteiger partial charge in [0.15, 0.2) is 11.5 Å². The van der Waals surface area contributed by atoms with E-state index in [1.165, 1.54) is 11.9 Å². The lowest BCUT2D eigenvalue weighted by Gasteiger charge is -2.14. The fourth-order valence-electron chi connectivity index (χ4n) is 3.78. The predicted octanol–water partition coefficient (Wildman–Crippen LogP) is 2.00. The van der Waals surface area contributed by atoms with E-state index in [1.807, 2.05) is 18.2 Å². The maximum absolute atomic E-state index is 6.20. The third-order valence-corrected chi connectivity index (χ3v) is 5.17. The molecule has 1 saturated heterocycles. The second-order valence-corrected chi connectivity index (χ2v) is 6.72. The molecule has 2 unspecified atom stereocenters. The van der Waals surface area contributed by atoms with E-state index in [0.717, 1.165) is 18.7 Å². The second kappa shape index (κ2) is 5.79. The summed E-state index contributed by atoms with van der Waals surface area (Å²) in [4.78, 5) is 8.28. The maximum Gasteiger partial charge on any atom is 0.196 e. The molecule has 1 aliphatic heterocycles. The van der Waals surface area contributed by atoms with Crippen molar-refractivity contribution in [3.05, 3.63) is 54.1 Å². The van der Waals surface area contributed by atoms with Gasteiger partial charge in [0, 0.05) is 5.92 Å². The Morgan fingerprint density at radius 2 is 2.12 bits per heavy atom. The number of ether oxygens (including phenoxy) is 2. The molecule has 0 spiro atoms. The summed E-state index contributed by atoms with van der Waals surface area (Å²) in [7, 11) is 0. The van der Waals surface area contributed by atoms with Gasteiger partial charge in [0.1, 0.15) is 12.4 Å². The van der Waals surface area contributed by atoms with Crippen LogP contribution in [0.3, 0.4) is 0 Å². The fourth-order valence-corrected chi connectivity index (χ4v) is 3.78. The van der Waals surface area contributed by atoms with Gasteiger partial charge >= 0.3 is 0 Å². The SMILES string of the molecule is Nc1ncnn2c([C@H]3CC4C(COCc5ccccc5)[C@H]4O3)cnc12. The zero-order valence-corrected chi connectivity index (χ0v) is 13.7. The van der Waals surface area contributed by atoms with E-state index in [1.54, 1.807) is 10.7 Å². The highest BCUT2D eigenvalue weighted by Gasteiger charge is 2.58. The molecule has 128 valence electrons. The highest BCUT2D eigenvalue weighted by molar-refractivity contribution is 5.58. The highest BCUT2D eigenvalue weighted by atomic mass is 16.5. The molecule has 5 rings (SSSR count). The Morgan fingerprint density at radius 1 is 1.24 bits per heavy atom. The Kier molecular flexibility index (Phi) is 3.43. The van der Waals surface area contributed by atoms with Crippen LogP contribution in [0, 0.1) is 11.8 Å². The standard InChI is InChI=1S/C18H19N5O2/c19-17-18-20-7-14(23(18)22-10-21-17)15-6-12-13(16(12)25-15)9-24-8-11-4-2-1-3-5-11/h1-5,7,10,12-13,15-16H,6,8-9H2,(H2,19,21,22)/t12?,13?,15-,16+/m1/s1. The van der Waals surface area contributed by atoms with Crippen LogP contribution < -0.4 is 5.73 Å². The lowest BCUT2D eigenvalue weighted by Crippen LogP contribution is -2.11. The molecule has 1 aromatic carbocycles. The van der Waals surface area contributed by atoms with E-state index in [-0.39, 0.29) is 12.2 Å². The molecule has 2 N–H and O–H groups in total. The first-order valence-corrected chi connectivity index (χ1v) is 8.52. The van der Waals surface area contributed by atoms with Crippen LogP contribution in [-0.4, -0.2) is 32.3 Å². The molecule has 1 aliphatic carbocycles. The number of fused-ring (bicyclic) bond motifs is 2. The summed E-state index contributed by atoms with van der Waals surface area (Å²) in [6, 6.07) is 10.2. The molecule has 0 radical (unpaired) electrons. The van der Waals surface area contributed by atoms with Crippen molar-refractivity contribution in [2.75, 3.05) is 12.3 Å². The van der Waals surface area contributed by atoms with Crippen LogP contribution in [0.4, 0.5) is 5.82 Å². The Hall–Kier alpha value is -2.51. The number of hydrogen-bond donors (Lipinski definition) is 1. The highest BCUT2D eigenvalue weighted by Crippen LogP contribution is 2.56. The predicted molar refractivity (Wildman–Crippen MR) is 90.5 cm³/mol. The summed E-state index contributed by atoms with van der Waals surface area (Å²) < 4.78 is 13.8. The summed E-state index contributed by atoms with van der Waals surface area (Å²) in [6.07, 6.45) is 4.51. The van der Waals surface area contributed by atoms with Gasteiger partial charge in [-0.05, 0) is 17.9 Å². The van der Waals surface area contributed by atoms with Crippen molar-refractivity contribution in [3.8, 4) is 0 Å². The van der Waals surface area contributed by atoms with Crippen molar-refractivity contribution in [2.24, 2.45) is 11.8 Å². The van der Waals surface area contributed by atoms with Crippen LogP contribution in [-0.2, 0) is 16.1 Å². The van der Waals surface area contributed by atoms with Gasteiger partial charge in [-0.15, -0.1) is 0 Å². The van der Waals surface area contributed by atoms with Gasteiger partial charge in [-0.3, -0.25) is 0 Å². The Bertz CT molecular complexity index is 885. The maximum atomic E-state index is 6.20. The molecule has 7 nitrogen and oxygen atoms in total. The molecule has 1 saturated carbocycles. The van der Waals surface area contributed by atoms with E-state index >= 15 is 0 Å². The minimum Gasteiger partial charge on any atom is -0.381 e. The number of hydrogen-bond acceptors (Lipinski definition) is 6. The molecule has 2 fully saturated rings. The Labute approximate surface area is 144 Å². The summed E-state index contributed by atoms with van der Waals surface area (Å²) >= 11 is 0.